The average molecular weight is 601 g/mol. The Bertz CT molecular complexity index is 1450. The van der Waals surface area contributed by atoms with Crippen molar-refractivity contribution in [2.75, 3.05) is 53.1 Å². The van der Waals surface area contributed by atoms with Gasteiger partial charge in [-0.2, -0.15) is 0 Å². The number of benzene rings is 3. The van der Waals surface area contributed by atoms with Crippen molar-refractivity contribution in [2.24, 2.45) is 0 Å². The van der Waals surface area contributed by atoms with Gasteiger partial charge >= 0.3 is 0 Å². The van der Waals surface area contributed by atoms with Gasteiger partial charge in [-0.1, -0.05) is 43.3 Å². The van der Waals surface area contributed by atoms with Crippen molar-refractivity contribution in [3.05, 3.63) is 95.1 Å². The molecule has 0 bridgehead atoms. The van der Waals surface area contributed by atoms with Crippen molar-refractivity contribution in [3.8, 4) is 17.2 Å². The number of ether oxygens (including phenoxy) is 4. The molecular formula is C35H40N2O7. The lowest BCUT2D eigenvalue weighted by Gasteiger charge is -2.29. The Morgan fingerprint density at radius 1 is 0.932 bits per heavy atom. The molecule has 232 valence electrons. The first kappa shape index (κ1) is 31.1. The zero-order chi connectivity index (χ0) is 30.9. The summed E-state index contributed by atoms with van der Waals surface area (Å²) in [6, 6.07) is 21.3. The van der Waals surface area contributed by atoms with Gasteiger partial charge in [0, 0.05) is 31.7 Å². The van der Waals surface area contributed by atoms with Crippen LogP contribution in [0.15, 0.2) is 78.4 Å². The average Bonchev–Trinajstić information content (AvgIpc) is 3.32. The number of methoxy groups -OCH3 is 1. The van der Waals surface area contributed by atoms with Crippen molar-refractivity contribution >= 4 is 17.4 Å². The molecular weight excluding hydrogens is 560 g/mol. The first-order valence-electron chi connectivity index (χ1n) is 15.2. The van der Waals surface area contributed by atoms with Gasteiger partial charge in [0.25, 0.3) is 11.7 Å². The Labute approximate surface area is 258 Å². The van der Waals surface area contributed by atoms with Gasteiger partial charge in [-0.3, -0.25) is 14.5 Å². The molecule has 2 aliphatic rings. The number of aliphatic hydroxyl groups is 1. The maximum Gasteiger partial charge on any atom is 0.295 e. The second-order valence-electron chi connectivity index (χ2n) is 10.9. The predicted molar refractivity (Wildman–Crippen MR) is 167 cm³/mol. The molecule has 9 nitrogen and oxygen atoms in total. The molecule has 3 aromatic rings. The summed E-state index contributed by atoms with van der Waals surface area (Å²) in [5, 5.41) is 11.5. The Morgan fingerprint density at radius 3 is 2.39 bits per heavy atom. The van der Waals surface area contributed by atoms with E-state index >= 15 is 0 Å². The smallest absolute Gasteiger partial charge is 0.295 e. The van der Waals surface area contributed by atoms with Gasteiger partial charge in [0.1, 0.15) is 18.1 Å². The number of aliphatic hydroxyl groups excluding tert-OH is 1. The number of rotatable bonds is 13. The molecule has 0 aromatic heterocycles. The fraction of sp³-hybridized carbons (Fsp3) is 0.371. The summed E-state index contributed by atoms with van der Waals surface area (Å²) in [5.74, 6) is 0.0916. The highest BCUT2D eigenvalue weighted by Crippen LogP contribution is 2.42. The van der Waals surface area contributed by atoms with Crippen molar-refractivity contribution in [1.82, 2.24) is 9.80 Å². The van der Waals surface area contributed by atoms with Crippen LogP contribution in [0.2, 0.25) is 0 Å². The third-order valence-corrected chi connectivity index (χ3v) is 7.86. The number of amides is 1. The number of morpholine rings is 1. The number of ketones is 1. The molecule has 3 aromatic carbocycles. The second-order valence-corrected chi connectivity index (χ2v) is 10.9. The maximum atomic E-state index is 13.6. The monoisotopic (exact) mass is 600 g/mol. The van der Waals surface area contributed by atoms with Crippen LogP contribution in [0, 0.1) is 0 Å². The molecule has 2 aliphatic heterocycles. The van der Waals surface area contributed by atoms with E-state index in [0.29, 0.717) is 67.8 Å². The van der Waals surface area contributed by atoms with Crippen molar-refractivity contribution in [2.45, 2.75) is 32.4 Å². The zero-order valence-electron chi connectivity index (χ0n) is 25.4. The molecule has 5 rings (SSSR count). The molecule has 0 spiro atoms. The van der Waals surface area contributed by atoms with Gasteiger partial charge in [0.2, 0.25) is 0 Å². The molecule has 9 heteroatoms. The lowest BCUT2D eigenvalue weighted by molar-refractivity contribution is -0.140. The molecule has 0 radical (unpaired) electrons. The number of likely N-dealkylation sites (tertiary alicyclic amines) is 1. The molecule has 1 amide bonds. The highest BCUT2D eigenvalue weighted by Gasteiger charge is 2.46. The van der Waals surface area contributed by atoms with Crippen LogP contribution in [0.25, 0.3) is 5.76 Å². The molecule has 1 unspecified atom stereocenters. The van der Waals surface area contributed by atoms with E-state index in [1.807, 2.05) is 43.3 Å². The SMILES string of the molecule is CCCOc1ccc(C(O)=C2C(=O)C(=O)N(CCCN3CCOCC3)C2c2ccc(OCc3ccccc3)c(OC)c2)cc1. The summed E-state index contributed by atoms with van der Waals surface area (Å²) in [6.45, 7) is 7.12. The maximum absolute atomic E-state index is 13.6. The Kier molecular flexibility index (Phi) is 10.5. The zero-order valence-corrected chi connectivity index (χ0v) is 25.4. The Balaban J connectivity index is 1.46. The highest BCUT2D eigenvalue weighted by molar-refractivity contribution is 6.46. The normalized spacial score (nSPS) is 18.4. The van der Waals surface area contributed by atoms with Crippen LogP contribution in [0.1, 0.15) is 42.5 Å². The van der Waals surface area contributed by atoms with Gasteiger partial charge in [-0.25, -0.2) is 0 Å². The summed E-state index contributed by atoms with van der Waals surface area (Å²) in [5.41, 5.74) is 2.13. The van der Waals surface area contributed by atoms with Crippen LogP contribution in [0.3, 0.4) is 0 Å². The van der Waals surface area contributed by atoms with E-state index in [9.17, 15) is 14.7 Å². The molecule has 2 heterocycles. The highest BCUT2D eigenvalue weighted by atomic mass is 16.5. The minimum absolute atomic E-state index is 0.0450. The van der Waals surface area contributed by atoms with Gasteiger partial charge in [-0.15, -0.1) is 0 Å². The minimum atomic E-state index is -0.798. The lowest BCUT2D eigenvalue weighted by atomic mass is 9.95. The van der Waals surface area contributed by atoms with Crippen LogP contribution in [-0.2, 0) is 20.9 Å². The lowest BCUT2D eigenvalue weighted by Crippen LogP contribution is -2.39. The number of carbonyl (C=O) groups excluding carboxylic acids is 2. The fourth-order valence-corrected chi connectivity index (χ4v) is 5.54. The van der Waals surface area contributed by atoms with Gasteiger partial charge in [-0.05, 0) is 60.4 Å². The molecule has 44 heavy (non-hydrogen) atoms. The van der Waals surface area contributed by atoms with Gasteiger partial charge in [0.15, 0.2) is 11.5 Å². The van der Waals surface area contributed by atoms with Crippen LogP contribution in [-0.4, -0.2) is 79.7 Å². The van der Waals surface area contributed by atoms with Crippen LogP contribution >= 0.6 is 0 Å². The molecule has 1 atom stereocenters. The molecule has 0 saturated carbocycles. The summed E-state index contributed by atoms with van der Waals surface area (Å²) in [7, 11) is 1.55. The standard InChI is InChI=1S/C35H40N2O7/c1-3-20-43-28-13-10-26(11-14-28)33(38)31-32(37(35(40)34(31)39)17-7-16-36-18-21-42-22-19-36)27-12-15-29(30(23-27)41-2)44-24-25-8-5-4-6-9-25/h4-6,8-15,23,32,38H,3,7,16-22,24H2,1-2H3. The predicted octanol–water partition coefficient (Wildman–Crippen LogP) is 5.21. The molecule has 2 saturated heterocycles. The van der Waals surface area contributed by atoms with Crippen molar-refractivity contribution in [3.63, 3.8) is 0 Å². The van der Waals surface area contributed by atoms with Crippen molar-refractivity contribution < 1.29 is 33.6 Å². The molecule has 1 N–H and O–H groups in total. The van der Waals surface area contributed by atoms with Gasteiger partial charge in [0.05, 0.1) is 38.5 Å². The van der Waals surface area contributed by atoms with E-state index < -0.39 is 17.7 Å². The van der Waals surface area contributed by atoms with Crippen molar-refractivity contribution in [1.29, 1.82) is 0 Å². The number of hydrogen-bond acceptors (Lipinski definition) is 8. The summed E-state index contributed by atoms with van der Waals surface area (Å²) in [4.78, 5) is 30.9. The van der Waals surface area contributed by atoms with Crippen LogP contribution < -0.4 is 14.2 Å². The summed E-state index contributed by atoms with van der Waals surface area (Å²) >= 11 is 0. The quantitative estimate of drug-likeness (QED) is 0.162. The summed E-state index contributed by atoms with van der Waals surface area (Å²) < 4.78 is 22.9. The Morgan fingerprint density at radius 2 is 1.68 bits per heavy atom. The van der Waals surface area contributed by atoms with E-state index in [1.165, 1.54) is 0 Å². The van der Waals surface area contributed by atoms with E-state index in [4.69, 9.17) is 18.9 Å². The van der Waals surface area contributed by atoms with E-state index in [2.05, 4.69) is 4.90 Å². The second kappa shape index (κ2) is 14.9. The number of Topliss-reactive ketones (excluding diaryl/α,β-unsaturated/α-hetero) is 1. The number of nitrogens with zero attached hydrogens (tertiary/aromatic N) is 2. The van der Waals surface area contributed by atoms with E-state index in [-0.39, 0.29) is 11.3 Å². The van der Waals surface area contributed by atoms with Crippen LogP contribution in [0.5, 0.6) is 17.2 Å². The number of hydrogen-bond donors (Lipinski definition) is 1. The first-order valence-corrected chi connectivity index (χ1v) is 15.2. The van der Waals surface area contributed by atoms with E-state index in [0.717, 1.165) is 31.6 Å². The number of carbonyl (C=O) groups is 2. The van der Waals surface area contributed by atoms with E-state index in [1.54, 1.807) is 48.4 Å². The molecule has 0 aliphatic carbocycles. The first-order chi connectivity index (χ1) is 21.5. The summed E-state index contributed by atoms with van der Waals surface area (Å²) in [6.07, 6.45) is 1.54. The third-order valence-electron chi connectivity index (χ3n) is 7.86. The minimum Gasteiger partial charge on any atom is -0.507 e. The fourth-order valence-electron chi connectivity index (χ4n) is 5.54. The topological polar surface area (TPSA) is 97.8 Å². The third kappa shape index (κ3) is 7.23. The molecule has 2 fully saturated rings. The Hall–Kier alpha value is -4.34. The van der Waals surface area contributed by atoms with Gasteiger partial charge < -0.3 is 29.0 Å². The largest absolute Gasteiger partial charge is 0.507 e. The van der Waals surface area contributed by atoms with Crippen LogP contribution in [0.4, 0.5) is 0 Å².